The molecule has 3 aromatic carbocycles. The van der Waals surface area contributed by atoms with Crippen LogP contribution in [0.25, 0.3) is 11.0 Å². The van der Waals surface area contributed by atoms with Gasteiger partial charge in [-0.3, -0.25) is 9.59 Å². The molecule has 1 N–H and O–H groups in total. The van der Waals surface area contributed by atoms with E-state index >= 15 is 0 Å². The second-order valence-electron chi connectivity index (χ2n) is 7.51. The number of nitrogens with zero attached hydrogens (tertiary/aromatic N) is 4. The molecular formula is C24H23N5O2. The van der Waals surface area contributed by atoms with Gasteiger partial charge in [0.2, 0.25) is 5.91 Å². The molecule has 0 aliphatic heterocycles. The summed E-state index contributed by atoms with van der Waals surface area (Å²) in [5.74, 6) is -0.453. The van der Waals surface area contributed by atoms with E-state index in [-0.39, 0.29) is 18.4 Å². The van der Waals surface area contributed by atoms with Crippen LogP contribution in [0.3, 0.4) is 0 Å². The third-order valence-electron chi connectivity index (χ3n) is 5.02. The molecule has 1 aromatic heterocycles. The highest BCUT2D eigenvalue weighted by atomic mass is 16.2. The molecule has 4 rings (SSSR count). The van der Waals surface area contributed by atoms with Crippen LogP contribution < -0.4 is 5.32 Å². The molecule has 0 saturated heterocycles. The number of hydrogen-bond acceptors (Lipinski definition) is 4. The number of anilines is 1. The predicted octanol–water partition coefficient (Wildman–Crippen LogP) is 3.50. The molecule has 156 valence electrons. The Labute approximate surface area is 180 Å². The minimum absolute atomic E-state index is 0.0284. The standard InChI is InChI=1S/C24H23N5O2/c1-17-7-13-20(14-8-17)25-23(30)16-28(2)24(31)19-11-9-18(10-12-19)15-29-22-6-4-3-5-21(22)26-27-29/h3-14H,15-16H2,1-2H3,(H,25,30). The minimum atomic E-state index is -0.241. The van der Waals surface area contributed by atoms with Crippen molar-refractivity contribution in [2.24, 2.45) is 0 Å². The van der Waals surface area contributed by atoms with Crippen LogP contribution in [0.4, 0.5) is 5.69 Å². The summed E-state index contributed by atoms with van der Waals surface area (Å²) in [4.78, 5) is 26.4. The van der Waals surface area contributed by atoms with Crippen molar-refractivity contribution in [3.63, 3.8) is 0 Å². The van der Waals surface area contributed by atoms with Gasteiger partial charge in [-0.2, -0.15) is 0 Å². The number of amides is 2. The van der Waals surface area contributed by atoms with Crippen LogP contribution in [0, 0.1) is 6.92 Å². The Morgan fingerprint density at radius 3 is 2.42 bits per heavy atom. The molecule has 1 heterocycles. The first-order chi connectivity index (χ1) is 15.0. The normalized spacial score (nSPS) is 10.8. The summed E-state index contributed by atoms with van der Waals surface area (Å²) in [6.07, 6.45) is 0. The van der Waals surface area contributed by atoms with Gasteiger partial charge in [-0.1, -0.05) is 47.2 Å². The van der Waals surface area contributed by atoms with E-state index in [4.69, 9.17) is 0 Å². The molecule has 7 nitrogen and oxygen atoms in total. The third-order valence-corrected chi connectivity index (χ3v) is 5.02. The first-order valence-electron chi connectivity index (χ1n) is 9.99. The highest BCUT2D eigenvalue weighted by Crippen LogP contribution is 2.14. The lowest BCUT2D eigenvalue weighted by atomic mass is 10.1. The molecule has 4 aromatic rings. The number of fused-ring (bicyclic) bond motifs is 1. The van der Waals surface area contributed by atoms with Crippen molar-refractivity contribution in [1.82, 2.24) is 19.9 Å². The van der Waals surface area contributed by atoms with Crippen LogP contribution in [0.5, 0.6) is 0 Å². The fraction of sp³-hybridized carbons (Fsp3) is 0.167. The fourth-order valence-electron chi connectivity index (χ4n) is 3.30. The number of rotatable bonds is 6. The maximum atomic E-state index is 12.7. The van der Waals surface area contributed by atoms with Gasteiger partial charge >= 0.3 is 0 Å². The average molecular weight is 413 g/mol. The molecule has 0 radical (unpaired) electrons. The van der Waals surface area contributed by atoms with Crippen molar-refractivity contribution in [1.29, 1.82) is 0 Å². The quantitative estimate of drug-likeness (QED) is 0.525. The molecule has 0 bridgehead atoms. The second-order valence-corrected chi connectivity index (χ2v) is 7.51. The number of hydrogen-bond donors (Lipinski definition) is 1. The van der Waals surface area contributed by atoms with Crippen molar-refractivity contribution in [2.45, 2.75) is 13.5 Å². The molecule has 0 unspecified atom stereocenters. The van der Waals surface area contributed by atoms with Crippen molar-refractivity contribution in [2.75, 3.05) is 18.9 Å². The van der Waals surface area contributed by atoms with Crippen LogP contribution in [-0.4, -0.2) is 45.3 Å². The smallest absolute Gasteiger partial charge is 0.254 e. The molecule has 0 saturated carbocycles. The number of benzene rings is 3. The molecule has 0 spiro atoms. The molecule has 0 aliphatic rings. The Kier molecular flexibility index (Phi) is 5.75. The number of carbonyl (C=O) groups excluding carboxylic acids is 2. The van der Waals surface area contributed by atoms with Crippen LogP contribution in [0.1, 0.15) is 21.5 Å². The molecule has 7 heteroatoms. The van der Waals surface area contributed by atoms with Crippen molar-refractivity contribution in [3.05, 3.63) is 89.5 Å². The highest BCUT2D eigenvalue weighted by molar-refractivity contribution is 5.99. The molecular weight excluding hydrogens is 390 g/mol. The first-order valence-corrected chi connectivity index (χ1v) is 9.99. The summed E-state index contributed by atoms with van der Waals surface area (Å²) in [6, 6.07) is 22.6. The van der Waals surface area contributed by atoms with Crippen LogP contribution in [0.15, 0.2) is 72.8 Å². The van der Waals surface area contributed by atoms with Gasteiger partial charge in [0, 0.05) is 18.3 Å². The monoisotopic (exact) mass is 413 g/mol. The SMILES string of the molecule is Cc1ccc(NC(=O)CN(C)C(=O)c2ccc(Cn3nnc4ccccc43)cc2)cc1. The van der Waals surface area contributed by atoms with Gasteiger partial charge in [-0.05, 0) is 48.9 Å². The molecule has 31 heavy (non-hydrogen) atoms. The Morgan fingerprint density at radius 2 is 1.68 bits per heavy atom. The van der Waals surface area contributed by atoms with Gasteiger partial charge in [0.25, 0.3) is 5.91 Å². The summed E-state index contributed by atoms with van der Waals surface area (Å²) in [6.45, 7) is 2.51. The van der Waals surface area contributed by atoms with E-state index in [1.165, 1.54) is 4.90 Å². The van der Waals surface area contributed by atoms with E-state index in [1.807, 2.05) is 72.3 Å². The minimum Gasteiger partial charge on any atom is -0.332 e. The van der Waals surface area contributed by atoms with Gasteiger partial charge in [0.1, 0.15) is 5.52 Å². The molecule has 0 atom stereocenters. The lowest BCUT2D eigenvalue weighted by Crippen LogP contribution is -2.34. The average Bonchev–Trinajstić information content (AvgIpc) is 3.18. The second kappa shape index (κ2) is 8.79. The Bertz CT molecular complexity index is 1210. The van der Waals surface area contributed by atoms with E-state index in [0.717, 1.165) is 22.2 Å². The van der Waals surface area contributed by atoms with E-state index in [9.17, 15) is 9.59 Å². The van der Waals surface area contributed by atoms with Crippen molar-refractivity contribution >= 4 is 28.5 Å². The fourth-order valence-corrected chi connectivity index (χ4v) is 3.30. The van der Waals surface area contributed by atoms with E-state index < -0.39 is 0 Å². The number of likely N-dealkylation sites (N-methyl/N-ethyl adjacent to an activating group) is 1. The molecule has 0 aliphatic carbocycles. The van der Waals surface area contributed by atoms with Gasteiger partial charge in [0.15, 0.2) is 0 Å². The maximum Gasteiger partial charge on any atom is 0.254 e. The van der Waals surface area contributed by atoms with Gasteiger partial charge < -0.3 is 10.2 Å². The topological polar surface area (TPSA) is 80.1 Å². The summed E-state index contributed by atoms with van der Waals surface area (Å²) < 4.78 is 1.83. The zero-order valence-corrected chi connectivity index (χ0v) is 17.4. The van der Waals surface area contributed by atoms with Gasteiger partial charge in [-0.15, -0.1) is 5.10 Å². The number of para-hydroxylation sites is 1. The first kappa shape index (κ1) is 20.3. The summed E-state index contributed by atoms with van der Waals surface area (Å²) >= 11 is 0. The van der Waals surface area contributed by atoms with E-state index in [0.29, 0.717) is 17.8 Å². The Hall–Kier alpha value is -4.00. The summed E-state index contributed by atoms with van der Waals surface area (Å²) in [5.41, 5.74) is 5.17. The van der Waals surface area contributed by atoms with Crippen molar-refractivity contribution < 1.29 is 9.59 Å². The maximum absolute atomic E-state index is 12.7. The zero-order valence-electron chi connectivity index (χ0n) is 17.4. The van der Waals surface area contributed by atoms with Crippen molar-refractivity contribution in [3.8, 4) is 0 Å². The zero-order chi connectivity index (χ0) is 21.8. The van der Waals surface area contributed by atoms with E-state index in [1.54, 1.807) is 19.2 Å². The van der Waals surface area contributed by atoms with Crippen LogP contribution >= 0.6 is 0 Å². The Morgan fingerprint density at radius 1 is 0.968 bits per heavy atom. The van der Waals surface area contributed by atoms with Crippen LogP contribution in [0.2, 0.25) is 0 Å². The van der Waals surface area contributed by atoms with E-state index in [2.05, 4.69) is 15.6 Å². The highest BCUT2D eigenvalue weighted by Gasteiger charge is 2.15. The number of nitrogens with one attached hydrogen (secondary N) is 1. The largest absolute Gasteiger partial charge is 0.332 e. The Balaban J connectivity index is 1.37. The molecule has 0 fully saturated rings. The lowest BCUT2D eigenvalue weighted by Gasteiger charge is -2.17. The summed E-state index contributed by atoms with van der Waals surface area (Å²) in [7, 11) is 1.62. The predicted molar refractivity (Wildman–Crippen MR) is 120 cm³/mol. The number of carbonyl (C=O) groups is 2. The molecule has 2 amide bonds. The summed E-state index contributed by atoms with van der Waals surface area (Å²) in [5, 5.41) is 11.2. The number of aromatic nitrogens is 3. The third kappa shape index (κ3) is 4.78. The number of aryl methyl sites for hydroxylation is 1. The lowest BCUT2D eigenvalue weighted by molar-refractivity contribution is -0.116. The van der Waals surface area contributed by atoms with Gasteiger partial charge in [-0.25, -0.2) is 4.68 Å². The van der Waals surface area contributed by atoms with Crippen LogP contribution in [-0.2, 0) is 11.3 Å². The van der Waals surface area contributed by atoms with Gasteiger partial charge in [0.05, 0.1) is 18.6 Å².